The molecule has 0 saturated heterocycles. The van der Waals surface area contributed by atoms with Crippen LogP contribution in [-0.2, 0) is 6.54 Å². The van der Waals surface area contributed by atoms with Crippen LogP contribution in [0.2, 0.25) is 0 Å². The zero-order valence-corrected chi connectivity index (χ0v) is 9.41. The van der Waals surface area contributed by atoms with E-state index in [1.807, 2.05) is 26.0 Å². The summed E-state index contributed by atoms with van der Waals surface area (Å²) in [6, 6.07) is 5.48. The molecule has 2 rings (SSSR count). The van der Waals surface area contributed by atoms with Crippen LogP contribution in [0.3, 0.4) is 0 Å². The SMILES string of the molecule is CCCn1c(=O)[nH]c(=O)c2cccc(C)c21. The number of fused-ring (bicyclic) bond motifs is 1. The van der Waals surface area contributed by atoms with E-state index in [1.54, 1.807) is 10.6 Å². The standard InChI is InChI=1S/C12H14N2O2/c1-3-7-14-10-8(2)5-4-6-9(10)11(15)13-12(14)16/h4-6H,3,7H2,1-2H3,(H,13,15,16). The summed E-state index contributed by atoms with van der Waals surface area (Å²) in [5.74, 6) is 0. The van der Waals surface area contributed by atoms with Crippen molar-refractivity contribution in [2.24, 2.45) is 0 Å². The van der Waals surface area contributed by atoms with E-state index < -0.39 is 0 Å². The van der Waals surface area contributed by atoms with Gasteiger partial charge in [0.2, 0.25) is 0 Å². The molecule has 1 aromatic heterocycles. The number of para-hydroxylation sites is 1. The molecule has 0 aliphatic heterocycles. The lowest BCUT2D eigenvalue weighted by Gasteiger charge is -2.09. The van der Waals surface area contributed by atoms with Gasteiger partial charge in [-0.3, -0.25) is 14.3 Å². The Morgan fingerprint density at radius 2 is 2.06 bits per heavy atom. The van der Waals surface area contributed by atoms with E-state index in [0.717, 1.165) is 17.5 Å². The summed E-state index contributed by atoms with van der Waals surface area (Å²) in [5, 5.41) is 0.577. The van der Waals surface area contributed by atoms with Crippen molar-refractivity contribution in [1.29, 1.82) is 0 Å². The van der Waals surface area contributed by atoms with Gasteiger partial charge in [-0.2, -0.15) is 0 Å². The van der Waals surface area contributed by atoms with Crippen molar-refractivity contribution < 1.29 is 0 Å². The summed E-state index contributed by atoms with van der Waals surface area (Å²) >= 11 is 0. The number of hydrogen-bond donors (Lipinski definition) is 1. The monoisotopic (exact) mass is 218 g/mol. The lowest BCUT2D eigenvalue weighted by atomic mass is 10.1. The Morgan fingerprint density at radius 3 is 2.75 bits per heavy atom. The molecule has 2 aromatic rings. The Labute approximate surface area is 92.5 Å². The molecule has 0 aliphatic rings. The van der Waals surface area contributed by atoms with Crippen LogP contribution >= 0.6 is 0 Å². The van der Waals surface area contributed by atoms with Crippen LogP contribution < -0.4 is 11.2 Å². The normalized spacial score (nSPS) is 10.9. The van der Waals surface area contributed by atoms with Gasteiger partial charge in [0.1, 0.15) is 0 Å². The predicted octanol–water partition coefficient (Wildman–Crippen LogP) is 1.41. The second kappa shape index (κ2) is 3.96. The second-order valence-corrected chi connectivity index (χ2v) is 3.88. The fourth-order valence-electron chi connectivity index (χ4n) is 1.97. The molecule has 1 aromatic carbocycles. The molecule has 0 aliphatic carbocycles. The molecule has 0 unspecified atom stereocenters. The van der Waals surface area contributed by atoms with Gasteiger partial charge in [-0.1, -0.05) is 19.1 Å². The quantitative estimate of drug-likeness (QED) is 0.828. The highest BCUT2D eigenvalue weighted by Gasteiger charge is 2.08. The van der Waals surface area contributed by atoms with E-state index in [9.17, 15) is 9.59 Å². The highest BCUT2D eigenvalue weighted by atomic mass is 16.2. The first-order chi connectivity index (χ1) is 7.65. The van der Waals surface area contributed by atoms with Crippen molar-refractivity contribution in [2.75, 3.05) is 0 Å². The minimum Gasteiger partial charge on any atom is -0.293 e. The first kappa shape index (κ1) is 10.7. The van der Waals surface area contributed by atoms with E-state index in [4.69, 9.17) is 0 Å². The highest BCUT2D eigenvalue weighted by Crippen LogP contribution is 2.12. The minimum absolute atomic E-state index is 0.309. The van der Waals surface area contributed by atoms with E-state index >= 15 is 0 Å². The third-order valence-electron chi connectivity index (χ3n) is 2.67. The molecule has 4 nitrogen and oxygen atoms in total. The van der Waals surface area contributed by atoms with Crippen molar-refractivity contribution in [3.8, 4) is 0 Å². The van der Waals surface area contributed by atoms with Crippen LogP contribution in [0.1, 0.15) is 18.9 Å². The number of aromatic amines is 1. The maximum absolute atomic E-state index is 11.7. The summed E-state index contributed by atoms with van der Waals surface area (Å²) in [4.78, 5) is 25.7. The van der Waals surface area contributed by atoms with Crippen LogP contribution in [-0.4, -0.2) is 9.55 Å². The average molecular weight is 218 g/mol. The molecule has 0 radical (unpaired) electrons. The Bertz CT molecular complexity index is 637. The van der Waals surface area contributed by atoms with Gasteiger partial charge >= 0.3 is 5.69 Å². The van der Waals surface area contributed by atoms with Gasteiger partial charge in [0.05, 0.1) is 10.9 Å². The largest absolute Gasteiger partial charge is 0.328 e. The van der Waals surface area contributed by atoms with Crippen LogP contribution in [0.15, 0.2) is 27.8 Å². The zero-order chi connectivity index (χ0) is 11.7. The zero-order valence-electron chi connectivity index (χ0n) is 9.41. The smallest absolute Gasteiger partial charge is 0.293 e. The predicted molar refractivity (Wildman–Crippen MR) is 63.9 cm³/mol. The van der Waals surface area contributed by atoms with Gasteiger partial charge in [-0.15, -0.1) is 0 Å². The fourth-order valence-corrected chi connectivity index (χ4v) is 1.97. The topological polar surface area (TPSA) is 54.9 Å². The van der Waals surface area contributed by atoms with Gasteiger partial charge in [-0.25, -0.2) is 4.79 Å². The van der Waals surface area contributed by atoms with Gasteiger partial charge in [0.25, 0.3) is 5.56 Å². The first-order valence-electron chi connectivity index (χ1n) is 5.37. The molecule has 0 spiro atoms. The molecular weight excluding hydrogens is 204 g/mol. The number of benzene rings is 1. The molecule has 0 amide bonds. The average Bonchev–Trinajstić information content (AvgIpc) is 2.24. The van der Waals surface area contributed by atoms with E-state index in [1.165, 1.54) is 0 Å². The summed E-state index contributed by atoms with van der Waals surface area (Å²) in [6.45, 7) is 4.53. The molecule has 16 heavy (non-hydrogen) atoms. The van der Waals surface area contributed by atoms with Crippen molar-refractivity contribution in [3.05, 3.63) is 44.6 Å². The van der Waals surface area contributed by atoms with Gasteiger partial charge in [-0.05, 0) is 25.0 Å². The molecule has 84 valence electrons. The highest BCUT2D eigenvalue weighted by molar-refractivity contribution is 5.81. The van der Waals surface area contributed by atoms with Crippen molar-refractivity contribution in [1.82, 2.24) is 9.55 Å². The van der Waals surface area contributed by atoms with Crippen molar-refractivity contribution >= 4 is 10.9 Å². The third-order valence-corrected chi connectivity index (χ3v) is 2.67. The number of aryl methyl sites for hydroxylation is 2. The molecule has 0 bridgehead atoms. The number of H-pyrrole nitrogens is 1. The van der Waals surface area contributed by atoms with Gasteiger partial charge in [0, 0.05) is 6.54 Å². The van der Waals surface area contributed by atoms with Crippen molar-refractivity contribution in [3.63, 3.8) is 0 Å². The van der Waals surface area contributed by atoms with Crippen LogP contribution in [0, 0.1) is 6.92 Å². The molecule has 0 saturated carbocycles. The summed E-state index contributed by atoms with van der Waals surface area (Å²) < 4.78 is 1.63. The summed E-state index contributed by atoms with van der Waals surface area (Å²) in [7, 11) is 0. The molecule has 4 heteroatoms. The lowest BCUT2D eigenvalue weighted by molar-refractivity contribution is 0.656. The number of nitrogens with zero attached hydrogens (tertiary/aromatic N) is 1. The van der Waals surface area contributed by atoms with E-state index in [0.29, 0.717) is 11.9 Å². The first-order valence-corrected chi connectivity index (χ1v) is 5.37. The third kappa shape index (κ3) is 1.56. The second-order valence-electron chi connectivity index (χ2n) is 3.88. The van der Waals surface area contributed by atoms with Gasteiger partial charge < -0.3 is 0 Å². The fraction of sp³-hybridized carbons (Fsp3) is 0.333. The Kier molecular flexibility index (Phi) is 2.64. The number of aromatic nitrogens is 2. The van der Waals surface area contributed by atoms with Crippen molar-refractivity contribution in [2.45, 2.75) is 26.8 Å². The van der Waals surface area contributed by atoms with E-state index in [2.05, 4.69) is 4.98 Å². The van der Waals surface area contributed by atoms with Crippen LogP contribution in [0.25, 0.3) is 10.9 Å². The molecule has 1 heterocycles. The Morgan fingerprint density at radius 1 is 1.31 bits per heavy atom. The minimum atomic E-state index is -0.325. The lowest BCUT2D eigenvalue weighted by Crippen LogP contribution is -2.30. The Hall–Kier alpha value is -1.84. The number of hydrogen-bond acceptors (Lipinski definition) is 2. The maximum Gasteiger partial charge on any atom is 0.328 e. The summed E-state index contributed by atoms with van der Waals surface area (Å²) in [5.41, 5.74) is 1.07. The van der Waals surface area contributed by atoms with Crippen LogP contribution in [0.5, 0.6) is 0 Å². The maximum atomic E-state index is 11.7. The number of nitrogens with one attached hydrogen (secondary N) is 1. The molecular formula is C12H14N2O2. The van der Waals surface area contributed by atoms with Gasteiger partial charge in [0.15, 0.2) is 0 Å². The summed E-state index contributed by atoms with van der Waals surface area (Å²) in [6.07, 6.45) is 0.857. The van der Waals surface area contributed by atoms with Crippen LogP contribution in [0.4, 0.5) is 0 Å². The number of rotatable bonds is 2. The molecule has 1 N–H and O–H groups in total. The Balaban J connectivity index is 2.98. The molecule has 0 atom stereocenters. The molecule has 0 fully saturated rings. The van der Waals surface area contributed by atoms with E-state index in [-0.39, 0.29) is 11.2 Å².